The predicted octanol–water partition coefficient (Wildman–Crippen LogP) is 4.83. The van der Waals surface area contributed by atoms with Gasteiger partial charge in [0.1, 0.15) is 11.4 Å². The molecule has 0 saturated heterocycles. The summed E-state index contributed by atoms with van der Waals surface area (Å²) in [7, 11) is 0. The molecule has 1 aromatic carbocycles. The van der Waals surface area contributed by atoms with Crippen molar-refractivity contribution >= 4 is 0 Å². The summed E-state index contributed by atoms with van der Waals surface area (Å²) in [5.74, 6) is 1.17. The van der Waals surface area contributed by atoms with E-state index in [9.17, 15) is 0 Å². The summed E-state index contributed by atoms with van der Waals surface area (Å²) >= 11 is 0. The minimum atomic E-state index is 0.108. The van der Waals surface area contributed by atoms with Crippen LogP contribution in [0.15, 0.2) is 12.1 Å². The zero-order valence-electron chi connectivity index (χ0n) is 13.8. The molecule has 0 bridgehead atoms. The lowest BCUT2D eigenvalue weighted by Gasteiger charge is -2.41. The van der Waals surface area contributed by atoms with Crippen LogP contribution in [0.4, 0.5) is 0 Å². The second-order valence-electron chi connectivity index (χ2n) is 7.06. The third-order valence-corrected chi connectivity index (χ3v) is 5.15. The van der Waals surface area contributed by atoms with Crippen LogP contribution in [-0.2, 0) is 0 Å². The van der Waals surface area contributed by atoms with Crippen LogP contribution in [0.2, 0.25) is 0 Å². The maximum absolute atomic E-state index is 6.56. The van der Waals surface area contributed by atoms with E-state index in [1.165, 1.54) is 61.0 Å². The van der Waals surface area contributed by atoms with E-state index >= 15 is 0 Å². The Bertz CT molecular complexity index is 503. The van der Waals surface area contributed by atoms with E-state index in [2.05, 4.69) is 38.2 Å². The number of fused-ring (bicyclic) bond motifs is 1. The standard InChI is InChI=1S/C19H29NO/c1-4-5-10-20-17-13-19(8-6-7-9-19)21-18-15(3)11-14(2)12-16(17)18/h11-12,17,20H,4-10,13H2,1-3H3. The summed E-state index contributed by atoms with van der Waals surface area (Å²) < 4.78 is 6.56. The molecule has 2 nitrogen and oxygen atoms in total. The van der Waals surface area contributed by atoms with Crippen LogP contribution in [0, 0.1) is 13.8 Å². The van der Waals surface area contributed by atoms with Crippen molar-refractivity contribution in [3.63, 3.8) is 0 Å². The Morgan fingerprint density at radius 3 is 2.71 bits per heavy atom. The van der Waals surface area contributed by atoms with Gasteiger partial charge in [0.25, 0.3) is 0 Å². The molecule has 1 aromatic rings. The molecular weight excluding hydrogens is 258 g/mol. The Morgan fingerprint density at radius 2 is 2.00 bits per heavy atom. The lowest BCUT2D eigenvalue weighted by Crippen LogP contribution is -2.42. The van der Waals surface area contributed by atoms with Crippen molar-refractivity contribution in [2.75, 3.05) is 6.54 Å². The van der Waals surface area contributed by atoms with Crippen molar-refractivity contribution in [3.8, 4) is 5.75 Å². The van der Waals surface area contributed by atoms with Crippen molar-refractivity contribution in [2.24, 2.45) is 0 Å². The minimum Gasteiger partial charge on any atom is -0.487 e. The highest BCUT2D eigenvalue weighted by Gasteiger charge is 2.43. The van der Waals surface area contributed by atoms with Gasteiger partial charge in [0.15, 0.2) is 0 Å². The van der Waals surface area contributed by atoms with Gasteiger partial charge < -0.3 is 10.1 Å². The molecule has 21 heavy (non-hydrogen) atoms. The van der Waals surface area contributed by atoms with Gasteiger partial charge in [-0.3, -0.25) is 0 Å². The number of rotatable bonds is 4. The van der Waals surface area contributed by atoms with Crippen molar-refractivity contribution in [2.45, 2.75) is 77.4 Å². The van der Waals surface area contributed by atoms with Gasteiger partial charge in [-0.1, -0.05) is 31.0 Å². The number of aryl methyl sites for hydroxylation is 2. The topological polar surface area (TPSA) is 21.3 Å². The highest BCUT2D eigenvalue weighted by Crippen LogP contribution is 2.48. The van der Waals surface area contributed by atoms with Gasteiger partial charge >= 0.3 is 0 Å². The highest BCUT2D eigenvalue weighted by atomic mass is 16.5. The average molecular weight is 287 g/mol. The summed E-state index contributed by atoms with van der Waals surface area (Å²) in [5.41, 5.74) is 4.15. The molecule has 1 heterocycles. The summed E-state index contributed by atoms with van der Waals surface area (Å²) in [6, 6.07) is 5.06. The number of hydrogen-bond acceptors (Lipinski definition) is 2. The zero-order chi connectivity index (χ0) is 14.9. The largest absolute Gasteiger partial charge is 0.487 e. The Hall–Kier alpha value is -1.02. The second kappa shape index (κ2) is 6.00. The number of benzene rings is 1. The summed E-state index contributed by atoms with van der Waals surface area (Å²) in [4.78, 5) is 0. The molecule has 1 spiro atoms. The predicted molar refractivity (Wildman–Crippen MR) is 88.0 cm³/mol. The Labute approximate surface area is 129 Å². The third kappa shape index (κ3) is 2.96. The molecule has 0 radical (unpaired) electrons. The fourth-order valence-electron chi connectivity index (χ4n) is 4.09. The molecule has 1 atom stereocenters. The molecule has 3 rings (SSSR count). The van der Waals surface area contributed by atoms with E-state index in [0.29, 0.717) is 6.04 Å². The first-order valence-corrected chi connectivity index (χ1v) is 8.67. The molecule has 1 N–H and O–H groups in total. The van der Waals surface area contributed by atoms with E-state index in [4.69, 9.17) is 4.74 Å². The van der Waals surface area contributed by atoms with E-state index in [-0.39, 0.29) is 5.60 Å². The number of unbranched alkanes of at least 4 members (excludes halogenated alkanes) is 1. The molecule has 116 valence electrons. The van der Waals surface area contributed by atoms with Crippen LogP contribution >= 0.6 is 0 Å². The van der Waals surface area contributed by atoms with E-state index in [0.717, 1.165) is 13.0 Å². The van der Waals surface area contributed by atoms with E-state index in [1.54, 1.807) is 0 Å². The zero-order valence-corrected chi connectivity index (χ0v) is 13.8. The first-order valence-electron chi connectivity index (χ1n) is 8.67. The van der Waals surface area contributed by atoms with Crippen molar-refractivity contribution in [1.82, 2.24) is 5.32 Å². The van der Waals surface area contributed by atoms with Gasteiger partial charge in [-0.05, 0) is 58.1 Å². The Morgan fingerprint density at radius 1 is 1.24 bits per heavy atom. The SMILES string of the molecule is CCCCNC1CC2(CCCC2)Oc2c(C)cc(C)cc21. The van der Waals surface area contributed by atoms with Crippen LogP contribution in [0.3, 0.4) is 0 Å². The lowest BCUT2D eigenvalue weighted by molar-refractivity contribution is 0.0359. The molecule has 1 unspecified atom stereocenters. The van der Waals surface area contributed by atoms with Crippen LogP contribution < -0.4 is 10.1 Å². The van der Waals surface area contributed by atoms with E-state index in [1.807, 2.05) is 0 Å². The van der Waals surface area contributed by atoms with Crippen LogP contribution in [-0.4, -0.2) is 12.1 Å². The maximum Gasteiger partial charge on any atom is 0.127 e. The smallest absolute Gasteiger partial charge is 0.127 e. The first-order chi connectivity index (χ1) is 10.1. The van der Waals surface area contributed by atoms with Crippen LogP contribution in [0.5, 0.6) is 5.75 Å². The van der Waals surface area contributed by atoms with Gasteiger partial charge in [0, 0.05) is 18.0 Å². The van der Waals surface area contributed by atoms with Crippen molar-refractivity contribution < 1.29 is 4.74 Å². The normalized spacial score (nSPS) is 23.1. The monoisotopic (exact) mass is 287 g/mol. The van der Waals surface area contributed by atoms with Gasteiger partial charge in [-0.15, -0.1) is 0 Å². The van der Waals surface area contributed by atoms with Gasteiger partial charge in [0.2, 0.25) is 0 Å². The summed E-state index contributed by atoms with van der Waals surface area (Å²) in [6.45, 7) is 7.76. The van der Waals surface area contributed by atoms with Crippen LogP contribution in [0.1, 0.15) is 74.6 Å². The molecule has 1 saturated carbocycles. The fraction of sp³-hybridized carbons (Fsp3) is 0.684. The third-order valence-electron chi connectivity index (χ3n) is 5.15. The summed E-state index contributed by atoms with van der Waals surface area (Å²) in [5, 5.41) is 3.80. The van der Waals surface area contributed by atoms with Gasteiger partial charge in [0.05, 0.1) is 0 Å². The maximum atomic E-state index is 6.56. The number of hydrogen-bond donors (Lipinski definition) is 1. The fourth-order valence-corrected chi connectivity index (χ4v) is 4.09. The summed E-state index contributed by atoms with van der Waals surface area (Å²) in [6.07, 6.45) is 8.75. The molecule has 1 aliphatic heterocycles. The molecule has 0 aromatic heterocycles. The van der Waals surface area contributed by atoms with E-state index < -0.39 is 0 Å². The molecule has 0 amide bonds. The van der Waals surface area contributed by atoms with Crippen molar-refractivity contribution in [3.05, 3.63) is 28.8 Å². The van der Waals surface area contributed by atoms with Crippen LogP contribution in [0.25, 0.3) is 0 Å². The molecule has 1 aliphatic carbocycles. The second-order valence-corrected chi connectivity index (χ2v) is 7.06. The molecular formula is C19H29NO. The minimum absolute atomic E-state index is 0.108. The molecule has 2 aliphatic rings. The Kier molecular flexibility index (Phi) is 4.26. The first kappa shape index (κ1) is 14.9. The lowest BCUT2D eigenvalue weighted by atomic mass is 9.84. The Balaban J connectivity index is 1.91. The molecule has 1 fully saturated rings. The number of nitrogens with one attached hydrogen (secondary N) is 1. The number of ether oxygens (including phenoxy) is 1. The highest BCUT2D eigenvalue weighted by molar-refractivity contribution is 5.47. The van der Waals surface area contributed by atoms with Gasteiger partial charge in [-0.25, -0.2) is 0 Å². The quantitative estimate of drug-likeness (QED) is 0.801. The van der Waals surface area contributed by atoms with Gasteiger partial charge in [-0.2, -0.15) is 0 Å². The molecule has 2 heteroatoms. The van der Waals surface area contributed by atoms with Crippen molar-refractivity contribution in [1.29, 1.82) is 0 Å². The average Bonchev–Trinajstić information content (AvgIpc) is 2.88.